The zero-order valence-corrected chi connectivity index (χ0v) is 12.5. The van der Waals surface area contributed by atoms with Gasteiger partial charge in [-0.1, -0.05) is 42.6 Å². The molecule has 0 aromatic heterocycles. The van der Waals surface area contributed by atoms with Crippen LogP contribution in [0.25, 0.3) is 0 Å². The third-order valence-electron chi connectivity index (χ3n) is 2.98. The molecule has 0 bridgehead atoms. The summed E-state index contributed by atoms with van der Waals surface area (Å²) in [6, 6.07) is 0.0888. The summed E-state index contributed by atoms with van der Waals surface area (Å²) >= 11 is 3.56. The molecule has 0 aliphatic heterocycles. The minimum absolute atomic E-state index is 0.0888. The van der Waals surface area contributed by atoms with Crippen LogP contribution in [0.5, 0.6) is 0 Å². The number of halogens is 1. The van der Waals surface area contributed by atoms with Crippen molar-refractivity contribution < 1.29 is 8.42 Å². The zero-order valence-electron chi connectivity index (χ0n) is 10.1. The van der Waals surface area contributed by atoms with E-state index in [9.17, 15) is 8.42 Å². The quantitative estimate of drug-likeness (QED) is 0.793. The van der Waals surface area contributed by atoms with Gasteiger partial charge >= 0.3 is 0 Å². The summed E-state index contributed by atoms with van der Waals surface area (Å²) in [5, 5.41) is 0. The SMILES string of the molecule is CC(C)CCS(=O)(=O)NC1CCCCC1Br. The van der Waals surface area contributed by atoms with Gasteiger partial charge in [-0.3, -0.25) is 0 Å². The number of hydrogen-bond acceptors (Lipinski definition) is 2. The molecule has 1 aliphatic carbocycles. The lowest BCUT2D eigenvalue weighted by molar-refractivity contribution is 0.426. The first-order valence-electron chi connectivity index (χ1n) is 6.05. The minimum atomic E-state index is -3.09. The number of rotatable bonds is 5. The average molecular weight is 312 g/mol. The van der Waals surface area contributed by atoms with Gasteiger partial charge in [0.2, 0.25) is 10.0 Å². The summed E-state index contributed by atoms with van der Waals surface area (Å²) in [6.45, 7) is 4.09. The zero-order chi connectivity index (χ0) is 12.2. The van der Waals surface area contributed by atoms with Crippen molar-refractivity contribution in [3.8, 4) is 0 Å². The summed E-state index contributed by atoms with van der Waals surface area (Å²) in [6.07, 6.45) is 5.07. The second kappa shape index (κ2) is 6.36. The van der Waals surface area contributed by atoms with Crippen LogP contribution in [-0.2, 0) is 10.0 Å². The van der Waals surface area contributed by atoms with Crippen LogP contribution in [0.1, 0.15) is 46.0 Å². The predicted octanol–water partition coefficient (Wildman–Crippen LogP) is 2.66. The molecule has 2 unspecified atom stereocenters. The van der Waals surface area contributed by atoms with E-state index in [0.29, 0.717) is 10.7 Å². The van der Waals surface area contributed by atoms with Gasteiger partial charge in [-0.15, -0.1) is 0 Å². The van der Waals surface area contributed by atoms with Crippen LogP contribution >= 0.6 is 15.9 Å². The smallest absolute Gasteiger partial charge is 0.211 e. The van der Waals surface area contributed by atoms with Crippen molar-refractivity contribution in [3.05, 3.63) is 0 Å². The molecular formula is C11H22BrNO2S. The standard InChI is InChI=1S/C11H22BrNO2S/c1-9(2)7-8-16(14,15)13-11-6-4-3-5-10(11)12/h9-11,13H,3-8H2,1-2H3. The summed E-state index contributed by atoms with van der Waals surface area (Å²) in [5.41, 5.74) is 0. The van der Waals surface area contributed by atoms with E-state index >= 15 is 0 Å². The summed E-state index contributed by atoms with van der Waals surface area (Å²) in [4.78, 5) is 0.301. The first-order chi connectivity index (χ1) is 7.41. The fraction of sp³-hybridized carbons (Fsp3) is 1.00. The lowest BCUT2D eigenvalue weighted by atomic mass is 9.96. The van der Waals surface area contributed by atoms with Crippen LogP contribution in [0, 0.1) is 5.92 Å². The van der Waals surface area contributed by atoms with Gasteiger partial charge < -0.3 is 0 Å². The molecular weight excluding hydrogens is 290 g/mol. The fourth-order valence-electron chi connectivity index (χ4n) is 1.90. The van der Waals surface area contributed by atoms with Crippen molar-refractivity contribution >= 4 is 26.0 Å². The van der Waals surface area contributed by atoms with Gasteiger partial charge in [0.15, 0.2) is 0 Å². The maximum absolute atomic E-state index is 11.8. The van der Waals surface area contributed by atoms with Crippen LogP contribution in [0.3, 0.4) is 0 Å². The van der Waals surface area contributed by atoms with Crippen molar-refractivity contribution in [1.29, 1.82) is 0 Å². The summed E-state index contributed by atoms with van der Waals surface area (Å²) in [7, 11) is -3.09. The van der Waals surface area contributed by atoms with Crippen molar-refractivity contribution in [2.75, 3.05) is 5.75 Å². The minimum Gasteiger partial charge on any atom is -0.212 e. The molecule has 0 radical (unpaired) electrons. The highest BCUT2D eigenvalue weighted by molar-refractivity contribution is 9.09. The van der Waals surface area contributed by atoms with Crippen LogP contribution in [-0.4, -0.2) is 25.0 Å². The van der Waals surface area contributed by atoms with Crippen molar-refractivity contribution in [1.82, 2.24) is 4.72 Å². The van der Waals surface area contributed by atoms with E-state index in [2.05, 4.69) is 20.7 Å². The van der Waals surface area contributed by atoms with E-state index in [0.717, 1.165) is 25.7 Å². The Labute approximate surface area is 108 Å². The Balaban J connectivity index is 2.44. The Morgan fingerprint density at radius 3 is 2.50 bits per heavy atom. The highest BCUT2D eigenvalue weighted by atomic mass is 79.9. The van der Waals surface area contributed by atoms with Crippen LogP contribution < -0.4 is 4.72 Å². The molecule has 1 aliphatic rings. The molecule has 0 spiro atoms. The van der Waals surface area contributed by atoms with E-state index in [4.69, 9.17) is 0 Å². The van der Waals surface area contributed by atoms with Gasteiger partial charge in [0, 0.05) is 10.9 Å². The third kappa shape index (κ3) is 5.15. The molecule has 0 heterocycles. The number of alkyl halides is 1. The van der Waals surface area contributed by atoms with Gasteiger partial charge in [0.1, 0.15) is 0 Å². The van der Waals surface area contributed by atoms with E-state index in [1.165, 1.54) is 6.42 Å². The van der Waals surface area contributed by atoms with Gasteiger partial charge in [0.05, 0.1) is 5.75 Å². The summed E-state index contributed by atoms with van der Waals surface area (Å²) < 4.78 is 26.5. The number of nitrogens with one attached hydrogen (secondary N) is 1. The molecule has 1 rings (SSSR count). The summed E-state index contributed by atoms with van der Waals surface area (Å²) in [5.74, 6) is 0.684. The Morgan fingerprint density at radius 2 is 1.94 bits per heavy atom. The molecule has 3 nitrogen and oxygen atoms in total. The molecule has 16 heavy (non-hydrogen) atoms. The van der Waals surface area contributed by atoms with Crippen LogP contribution in [0.15, 0.2) is 0 Å². The highest BCUT2D eigenvalue weighted by Crippen LogP contribution is 2.25. The molecule has 5 heteroatoms. The lowest BCUT2D eigenvalue weighted by Gasteiger charge is -2.28. The molecule has 1 saturated carbocycles. The van der Waals surface area contributed by atoms with Gasteiger partial charge in [-0.05, 0) is 25.2 Å². The molecule has 96 valence electrons. The Morgan fingerprint density at radius 1 is 1.31 bits per heavy atom. The van der Waals surface area contributed by atoms with Gasteiger partial charge in [0.25, 0.3) is 0 Å². The maximum Gasteiger partial charge on any atom is 0.211 e. The molecule has 0 aromatic rings. The topological polar surface area (TPSA) is 46.2 Å². The monoisotopic (exact) mass is 311 g/mol. The van der Waals surface area contributed by atoms with Crippen molar-refractivity contribution in [3.63, 3.8) is 0 Å². The highest BCUT2D eigenvalue weighted by Gasteiger charge is 2.26. The Bertz CT molecular complexity index is 303. The lowest BCUT2D eigenvalue weighted by Crippen LogP contribution is -2.43. The number of hydrogen-bond donors (Lipinski definition) is 1. The van der Waals surface area contributed by atoms with E-state index in [1.807, 2.05) is 13.8 Å². The molecule has 0 aromatic carbocycles. The largest absolute Gasteiger partial charge is 0.212 e. The molecule has 2 atom stereocenters. The third-order valence-corrected chi connectivity index (χ3v) is 5.51. The normalized spacial score (nSPS) is 27.2. The average Bonchev–Trinajstić information content (AvgIpc) is 2.19. The van der Waals surface area contributed by atoms with Crippen molar-refractivity contribution in [2.45, 2.75) is 56.8 Å². The Hall–Kier alpha value is 0.390. The molecule has 1 N–H and O–H groups in total. The van der Waals surface area contributed by atoms with Crippen LogP contribution in [0.4, 0.5) is 0 Å². The first-order valence-corrected chi connectivity index (χ1v) is 8.61. The predicted molar refractivity (Wildman–Crippen MR) is 71.3 cm³/mol. The second-order valence-corrected chi connectivity index (χ2v) is 8.08. The van der Waals surface area contributed by atoms with Gasteiger partial charge in [-0.2, -0.15) is 0 Å². The molecule has 1 fully saturated rings. The molecule has 0 saturated heterocycles. The fourth-order valence-corrected chi connectivity index (χ4v) is 4.44. The van der Waals surface area contributed by atoms with Gasteiger partial charge in [-0.25, -0.2) is 13.1 Å². The van der Waals surface area contributed by atoms with E-state index in [1.54, 1.807) is 0 Å². The van der Waals surface area contributed by atoms with E-state index < -0.39 is 10.0 Å². The van der Waals surface area contributed by atoms with E-state index in [-0.39, 0.29) is 11.8 Å². The number of sulfonamides is 1. The maximum atomic E-state index is 11.8. The van der Waals surface area contributed by atoms with Crippen molar-refractivity contribution in [2.24, 2.45) is 5.92 Å². The molecule has 0 amide bonds. The second-order valence-electron chi connectivity index (χ2n) is 5.03. The first kappa shape index (κ1) is 14.5. The van der Waals surface area contributed by atoms with Crippen LogP contribution in [0.2, 0.25) is 0 Å². The Kier molecular flexibility index (Phi) is 5.74.